The number of esters is 3. The lowest BCUT2D eigenvalue weighted by Gasteiger charge is -2.18. The van der Waals surface area contributed by atoms with Crippen LogP contribution in [0.25, 0.3) is 0 Å². The lowest BCUT2D eigenvalue weighted by Crippen LogP contribution is -2.30. The summed E-state index contributed by atoms with van der Waals surface area (Å²) >= 11 is 0. The summed E-state index contributed by atoms with van der Waals surface area (Å²) in [5, 5.41) is 0. The second kappa shape index (κ2) is 36.8. The molecule has 0 saturated heterocycles. The molecule has 0 saturated carbocycles. The first-order valence-electron chi connectivity index (χ1n) is 22.1. The van der Waals surface area contributed by atoms with Gasteiger partial charge in [-0.1, -0.05) is 196 Å². The molecule has 0 bridgehead atoms. The van der Waals surface area contributed by atoms with E-state index in [1.54, 1.807) is 0 Å². The largest absolute Gasteiger partial charge is 0.462 e. The Balaban J connectivity index is 4.31. The first-order chi connectivity index (χ1) is 24.6. The van der Waals surface area contributed by atoms with E-state index in [0.29, 0.717) is 19.3 Å². The summed E-state index contributed by atoms with van der Waals surface area (Å²) in [6.45, 7) is 13.6. The van der Waals surface area contributed by atoms with Crippen LogP contribution in [0.3, 0.4) is 0 Å². The van der Waals surface area contributed by atoms with Crippen LogP contribution in [0.4, 0.5) is 0 Å². The molecule has 6 nitrogen and oxygen atoms in total. The first-order valence-corrected chi connectivity index (χ1v) is 22.1. The molecule has 0 aromatic carbocycles. The highest BCUT2D eigenvalue weighted by atomic mass is 16.6. The van der Waals surface area contributed by atoms with Crippen LogP contribution >= 0.6 is 0 Å². The van der Waals surface area contributed by atoms with Gasteiger partial charge in [-0.3, -0.25) is 14.4 Å². The predicted molar refractivity (Wildman–Crippen MR) is 215 cm³/mol. The van der Waals surface area contributed by atoms with Gasteiger partial charge in [0, 0.05) is 19.3 Å². The van der Waals surface area contributed by atoms with Crippen molar-refractivity contribution in [3.05, 3.63) is 0 Å². The second-order valence-electron chi connectivity index (χ2n) is 16.8. The van der Waals surface area contributed by atoms with Gasteiger partial charge < -0.3 is 14.2 Å². The molecule has 0 fully saturated rings. The van der Waals surface area contributed by atoms with Crippen LogP contribution in [0, 0.1) is 17.8 Å². The summed E-state index contributed by atoms with van der Waals surface area (Å²) in [6, 6.07) is 0. The number of unbranched alkanes of at least 4 members (excludes halogenated alkanes) is 21. The molecule has 0 spiro atoms. The van der Waals surface area contributed by atoms with Crippen LogP contribution < -0.4 is 0 Å². The molecule has 6 heteroatoms. The molecule has 0 aromatic rings. The predicted octanol–water partition coefficient (Wildman–Crippen LogP) is 13.7. The fourth-order valence-corrected chi connectivity index (χ4v) is 6.52. The minimum absolute atomic E-state index is 0.0674. The average Bonchev–Trinajstić information content (AvgIpc) is 3.07. The van der Waals surface area contributed by atoms with Crippen molar-refractivity contribution < 1.29 is 28.6 Å². The molecule has 0 unspecified atom stereocenters. The Kier molecular flexibility index (Phi) is 35.6. The molecule has 1 atom stereocenters. The van der Waals surface area contributed by atoms with Gasteiger partial charge in [0.2, 0.25) is 0 Å². The highest BCUT2D eigenvalue weighted by Gasteiger charge is 2.19. The molecule has 0 aliphatic carbocycles. The summed E-state index contributed by atoms with van der Waals surface area (Å²) in [5.74, 6) is 1.50. The molecule has 0 radical (unpaired) electrons. The summed E-state index contributed by atoms with van der Waals surface area (Å²) in [6.07, 6.45) is 32.5. The van der Waals surface area contributed by atoms with Gasteiger partial charge in [0.05, 0.1) is 0 Å². The molecule has 0 aliphatic heterocycles. The summed E-state index contributed by atoms with van der Waals surface area (Å²) in [7, 11) is 0. The van der Waals surface area contributed by atoms with E-state index in [1.807, 2.05) is 0 Å². The van der Waals surface area contributed by atoms with Crippen LogP contribution in [-0.4, -0.2) is 37.2 Å². The Morgan fingerprint density at radius 1 is 0.333 bits per heavy atom. The summed E-state index contributed by atoms with van der Waals surface area (Å²) < 4.78 is 16.7. The Hall–Kier alpha value is -1.59. The maximum Gasteiger partial charge on any atom is 0.306 e. The number of rotatable bonds is 38. The van der Waals surface area contributed by atoms with Crippen molar-refractivity contribution in [1.29, 1.82) is 0 Å². The van der Waals surface area contributed by atoms with E-state index in [1.165, 1.54) is 116 Å². The third-order valence-corrected chi connectivity index (χ3v) is 9.90. The number of hydrogen-bond acceptors (Lipinski definition) is 6. The minimum atomic E-state index is -0.762. The Morgan fingerprint density at radius 3 is 0.843 bits per heavy atom. The first kappa shape index (κ1) is 49.4. The van der Waals surface area contributed by atoms with Crippen molar-refractivity contribution in [2.45, 2.75) is 240 Å². The highest BCUT2D eigenvalue weighted by molar-refractivity contribution is 5.71. The van der Waals surface area contributed by atoms with Gasteiger partial charge in [-0.05, 0) is 37.0 Å². The van der Waals surface area contributed by atoms with Crippen molar-refractivity contribution in [3.8, 4) is 0 Å². The molecule has 0 rings (SSSR count). The van der Waals surface area contributed by atoms with Crippen molar-refractivity contribution in [2.75, 3.05) is 13.2 Å². The molecule has 51 heavy (non-hydrogen) atoms. The maximum atomic E-state index is 12.7. The monoisotopic (exact) mass is 723 g/mol. The Morgan fingerprint density at radius 2 is 0.569 bits per heavy atom. The second-order valence-corrected chi connectivity index (χ2v) is 16.8. The lowest BCUT2D eigenvalue weighted by molar-refractivity contribution is -0.167. The summed E-state index contributed by atoms with van der Waals surface area (Å²) in [5.41, 5.74) is 0. The molecular formula is C45H86O6. The fraction of sp³-hybridized carbons (Fsp3) is 0.933. The van der Waals surface area contributed by atoms with Gasteiger partial charge in [0.25, 0.3) is 0 Å². The number of ether oxygens (including phenoxy) is 3. The molecule has 0 aliphatic rings. The topological polar surface area (TPSA) is 78.9 Å². The van der Waals surface area contributed by atoms with Gasteiger partial charge in [-0.15, -0.1) is 0 Å². The van der Waals surface area contributed by atoms with Crippen LogP contribution in [-0.2, 0) is 28.6 Å². The van der Waals surface area contributed by atoms with E-state index < -0.39 is 6.10 Å². The van der Waals surface area contributed by atoms with Crippen molar-refractivity contribution >= 4 is 17.9 Å². The van der Waals surface area contributed by atoms with Crippen LogP contribution in [0.1, 0.15) is 234 Å². The van der Waals surface area contributed by atoms with Crippen molar-refractivity contribution in [3.63, 3.8) is 0 Å². The average molecular weight is 723 g/mol. The van der Waals surface area contributed by atoms with E-state index in [9.17, 15) is 14.4 Å². The maximum absolute atomic E-state index is 12.7. The fourth-order valence-electron chi connectivity index (χ4n) is 6.52. The van der Waals surface area contributed by atoms with Gasteiger partial charge in [-0.2, -0.15) is 0 Å². The number of carbonyl (C=O) groups is 3. The number of hydrogen-bond donors (Lipinski definition) is 0. The molecule has 302 valence electrons. The normalized spacial score (nSPS) is 12.2. The zero-order chi connectivity index (χ0) is 37.8. The Bertz CT molecular complexity index is 792. The third kappa shape index (κ3) is 39.5. The zero-order valence-corrected chi connectivity index (χ0v) is 34.9. The zero-order valence-electron chi connectivity index (χ0n) is 34.9. The van der Waals surface area contributed by atoms with E-state index >= 15 is 0 Å². The van der Waals surface area contributed by atoms with Crippen molar-refractivity contribution in [2.24, 2.45) is 17.8 Å². The smallest absolute Gasteiger partial charge is 0.306 e. The van der Waals surface area contributed by atoms with Crippen LogP contribution in [0.15, 0.2) is 0 Å². The third-order valence-electron chi connectivity index (χ3n) is 9.90. The standard InChI is InChI=1S/C45H86O6/c1-39(2)31-25-19-13-10-8-7-9-11-15-22-28-34-43(46)49-37-42(38-50-44(47)35-29-23-18-17-21-27-33-41(5)6)51-45(48)36-30-24-16-12-14-20-26-32-40(3)4/h39-42H,7-38H2,1-6H3/t42-/m1/s1. The van der Waals surface area contributed by atoms with E-state index in [-0.39, 0.29) is 31.1 Å². The van der Waals surface area contributed by atoms with Crippen LogP contribution in [0.5, 0.6) is 0 Å². The van der Waals surface area contributed by atoms with E-state index in [2.05, 4.69) is 41.5 Å². The molecule has 0 heterocycles. The SMILES string of the molecule is CC(C)CCCCCCCCCCCCCC(=O)OC[C@H](COC(=O)CCCCCCCCC(C)C)OC(=O)CCCCCCCCCC(C)C. The van der Waals surface area contributed by atoms with E-state index in [4.69, 9.17) is 14.2 Å². The molecule has 0 aromatic heterocycles. The van der Waals surface area contributed by atoms with Gasteiger partial charge in [0.15, 0.2) is 6.10 Å². The molecule has 0 N–H and O–H groups in total. The number of carbonyl (C=O) groups excluding carboxylic acids is 3. The minimum Gasteiger partial charge on any atom is -0.462 e. The van der Waals surface area contributed by atoms with Gasteiger partial charge in [-0.25, -0.2) is 0 Å². The van der Waals surface area contributed by atoms with Crippen LogP contribution in [0.2, 0.25) is 0 Å². The van der Waals surface area contributed by atoms with Crippen molar-refractivity contribution in [1.82, 2.24) is 0 Å². The lowest BCUT2D eigenvalue weighted by atomic mass is 10.0. The quantitative estimate of drug-likeness (QED) is 0.0359. The van der Waals surface area contributed by atoms with Gasteiger partial charge >= 0.3 is 17.9 Å². The molecule has 0 amide bonds. The Labute approximate surface area is 317 Å². The highest BCUT2D eigenvalue weighted by Crippen LogP contribution is 2.16. The van der Waals surface area contributed by atoms with E-state index in [0.717, 1.165) is 75.5 Å². The summed E-state index contributed by atoms with van der Waals surface area (Å²) in [4.78, 5) is 37.6. The van der Waals surface area contributed by atoms with Gasteiger partial charge in [0.1, 0.15) is 13.2 Å². The molecular weight excluding hydrogens is 636 g/mol.